The lowest BCUT2D eigenvalue weighted by Gasteiger charge is -2.32. The number of nitrogens with zero attached hydrogens (tertiary/aromatic N) is 1. The highest BCUT2D eigenvalue weighted by atomic mass is 32.2. The molecular weight excluding hydrogens is 252 g/mol. The number of hydrogen-bond acceptors (Lipinski definition) is 3. The van der Waals surface area contributed by atoms with Crippen molar-refractivity contribution in [3.05, 3.63) is 29.8 Å². The van der Waals surface area contributed by atoms with Gasteiger partial charge in [-0.05, 0) is 56.2 Å². The van der Waals surface area contributed by atoms with Crippen LogP contribution in [0.15, 0.2) is 29.3 Å². The van der Waals surface area contributed by atoms with Crippen LogP contribution in [0.4, 0.5) is 5.69 Å². The van der Waals surface area contributed by atoms with Crippen LogP contribution in [0, 0.1) is 12.8 Å². The van der Waals surface area contributed by atoms with E-state index in [-0.39, 0.29) is 5.54 Å². The van der Waals surface area contributed by atoms with Crippen LogP contribution in [0.2, 0.25) is 0 Å². The van der Waals surface area contributed by atoms with E-state index in [1.165, 1.54) is 31.2 Å². The number of hydrogen-bond donors (Lipinski definition) is 1. The fourth-order valence-corrected chi connectivity index (χ4v) is 4.16. The summed E-state index contributed by atoms with van der Waals surface area (Å²) < 4.78 is 0. The summed E-state index contributed by atoms with van der Waals surface area (Å²) in [6.45, 7) is 4.49. The molecule has 1 aliphatic carbocycles. The quantitative estimate of drug-likeness (QED) is 0.817. The predicted molar refractivity (Wildman–Crippen MR) is 85.1 cm³/mol. The second kappa shape index (κ2) is 5.20. The van der Waals surface area contributed by atoms with Crippen molar-refractivity contribution in [2.24, 2.45) is 10.9 Å². The highest BCUT2D eigenvalue weighted by Crippen LogP contribution is 2.41. The Morgan fingerprint density at radius 3 is 2.84 bits per heavy atom. The van der Waals surface area contributed by atoms with Crippen LogP contribution in [0.1, 0.15) is 38.2 Å². The first kappa shape index (κ1) is 13.0. The zero-order valence-corrected chi connectivity index (χ0v) is 12.6. The van der Waals surface area contributed by atoms with Crippen LogP contribution in [0.25, 0.3) is 0 Å². The molecule has 1 aromatic carbocycles. The fourth-order valence-electron chi connectivity index (χ4n) is 2.95. The van der Waals surface area contributed by atoms with E-state index in [9.17, 15) is 0 Å². The molecule has 1 aliphatic heterocycles. The van der Waals surface area contributed by atoms with Crippen molar-refractivity contribution in [3.63, 3.8) is 0 Å². The molecule has 0 saturated heterocycles. The molecule has 2 aliphatic rings. The SMILES string of the molecule is Cc1cccc(NC2=NC3(CCC(C)CC3)CS2)c1. The van der Waals surface area contributed by atoms with Gasteiger partial charge in [0.15, 0.2) is 5.17 Å². The summed E-state index contributed by atoms with van der Waals surface area (Å²) >= 11 is 1.89. The van der Waals surface area contributed by atoms with Crippen molar-refractivity contribution < 1.29 is 0 Å². The number of aliphatic imine (C=N–C) groups is 1. The Bertz CT molecular complexity index is 487. The Balaban J connectivity index is 1.70. The molecule has 0 bridgehead atoms. The Morgan fingerprint density at radius 1 is 1.32 bits per heavy atom. The van der Waals surface area contributed by atoms with E-state index in [2.05, 4.69) is 43.4 Å². The standard InChI is InChI=1S/C16H22N2S/c1-12-6-8-16(9-7-12)11-19-15(18-16)17-14-5-3-4-13(2)10-14/h3-5,10,12H,6-9,11H2,1-2H3,(H,17,18). The summed E-state index contributed by atoms with van der Waals surface area (Å²) in [5.41, 5.74) is 2.69. The Morgan fingerprint density at radius 2 is 2.11 bits per heavy atom. The third-order valence-electron chi connectivity index (χ3n) is 4.29. The maximum Gasteiger partial charge on any atom is 0.161 e. The van der Waals surface area contributed by atoms with E-state index in [4.69, 9.17) is 4.99 Å². The number of thioether (sulfide) groups is 1. The number of amidine groups is 1. The molecule has 3 heteroatoms. The maximum atomic E-state index is 5.01. The van der Waals surface area contributed by atoms with E-state index in [1.807, 2.05) is 11.8 Å². The smallest absolute Gasteiger partial charge is 0.161 e. The summed E-state index contributed by atoms with van der Waals surface area (Å²) in [5, 5.41) is 4.59. The molecule has 1 saturated carbocycles. The topological polar surface area (TPSA) is 24.4 Å². The minimum absolute atomic E-state index is 0.239. The normalized spacial score (nSPS) is 30.4. The molecule has 1 spiro atoms. The molecule has 1 fully saturated rings. The van der Waals surface area contributed by atoms with Gasteiger partial charge in [0.1, 0.15) is 0 Å². The number of anilines is 1. The highest BCUT2D eigenvalue weighted by molar-refractivity contribution is 8.14. The lowest BCUT2D eigenvalue weighted by Crippen LogP contribution is -2.32. The third kappa shape index (κ3) is 2.97. The molecule has 102 valence electrons. The van der Waals surface area contributed by atoms with Gasteiger partial charge in [0.05, 0.1) is 5.54 Å². The molecule has 0 aromatic heterocycles. The van der Waals surface area contributed by atoms with Crippen LogP contribution < -0.4 is 5.32 Å². The van der Waals surface area contributed by atoms with Crippen molar-refractivity contribution in [2.45, 2.75) is 45.1 Å². The molecule has 0 atom stereocenters. The number of benzene rings is 1. The van der Waals surface area contributed by atoms with Gasteiger partial charge in [-0.3, -0.25) is 4.99 Å². The van der Waals surface area contributed by atoms with Crippen molar-refractivity contribution in [1.82, 2.24) is 0 Å². The van der Waals surface area contributed by atoms with Gasteiger partial charge < -0.3 is 5.32 Å². The highest BCUT2D eigenvalue weighted by Gasteiger charge is 2.38. The number of nitrogens with one attached hydrogen (secondary N) is 1. The van der Waals surface area contributed by atoms with E-state index in [0.717, 1.165) is 22.5 Å². The zero-order chi connectivity index (χ0) is 13.3. The molecule has 0 amide bonds. The number of rotatable bonds is 1. The molecule has 0 radical (unpaired) electrons. The molecule has 1 N–H and O–H groups in total. The van der Waals surface area contributed by atoms with E-state index in [1.54, 1.807) is 0 Å². The molecule has 1 heterocycles. The van der Waals surface area contributed by atoms with Crippen LogP contribution in [-0.2, 0) is 0 Å². The van der Waals surface area contributed by atoms with E-state index in [0.29, 0.717) is 0 Å². The Labute approximate surface area is 120 Å². The predicted octanol–water partition coefficient (Wildman–Crippen LogP) is 4.46. The average Bonchev–Trinajstić information content (AvgIpc) is 2.77. The summed E-state index contributed by atoms with van der Waals surface area (Å²) in [6.07, 6.45) is 5.20. The Hall–Kier alpha value is -0.960. The minimum atomic E-state index is 0.239. The molecular formula is C16H22N2S. The van der Waals surface area contributed by atoms with Gasteiger partial charge in [-0.1, -0.05) is 30.8 Å². The first-order valence-corrected chi connectivity index (χ1v) is 8.20. The van der Waals surface area contributed by atoms with E-state index >= 15 is 0 Å². The van der Waals surface area contributed by atoms with Crippen molar-refractivity contribution in [2.75, 3.05) is 11.1 Å². The summed E-state index contributed by atoms with van der Waals surface area (Å²) in [6, 6.07) is 8.51. The van der Waals surface area contributed by atoms with Gasteiger partial charge in [-0.15, -0.1) is 0 Å². The maximum absolute atomic E-state index is 5.01. The number of aryl methyl sites for hydroxylation is 1. The lowest BCUT2D eigenvalue weighted by molar-refractivity contribution is 0.273. The molecule has 2 nitrogen and oxygen atoms in total. The molecule has 3 rings (SSSR count). The van der Waals surface area contributed by atoms with Crippen molar-refractivity contribution in [1.29, 1.82) is 0 Å². The Kier molecular flexibility index (Phi) is 3.57. The first-order chi connectivity index (χ1) is 9.15. The third-order valence-corrected chi connectivity index (χ3v) is 5.44. The van der Waals surface area contributed by atoms with Crippen LogP contribution in [-0.4, -0.2) is 16.5 Å². The second-order valence-electron chi connectivity index (χ2n) is 6.11. The summed E-state index contributed by atoms with van der Waals surface area (Å²) in [4.78, 5) is 5.01. The van der Waals surface area contributed by atoms with Crippen molar-refractivity contribution >= 4 is 22.6 Å². The van der Waals surface area contributed by atoms with Gasteiger partial charge in [0.25, 0.3) is 0 Å². The van der Waals surface area contributed by atoms with Crippen LogP contribution in [0.5, 0.6) is 0 Å². The largest absolute Gasteiger partial charge is 0.335 e. The second-order valence-corrected chi connectivity index (χ2v) is 7.07. The monoisotopic (exact) mass is 274 g/mol. The van der Waals surface area contributed by atoms with E-state index < -0.39 is 0 Å². The zero-order valence-electron chi connectivity index (χ0n) is 11.8. The van der Waals surface area contributed by atoms with Crippen molar-refractivity contribution in [3.8, 4) is 0 Å². The van der Waals surface area contributed by atoms with Gasteiger partial charge in [0.2, 0.25) is 0 Å². The molecule has 0 unspecified atom stereocenters. The lowest BCUT2D eigenvalue weighted by atomic mass is 9.79. The summed E-state index contributed by atoms with van der Waals surface area (Å²) in [5.74, 6) is 2.05. The van der Waals surface area contributed by atoms with Gasteiger partial charge >= 0.3 is 0 Å². The van der Waals surface area contributed by atoms with Gasteiger partial charge in [-0.25, -0.2) is 0 Å². The van der Waals surface area contributed by atoms with Gasteiger partial charge in [0, 0.05) is 11.4 Å². The first-order valence-electron chi connectivity index (χ1n) is 7.22. The molecule has 1 aromatic rings. The molecule has 19 heavy (non-hydrogen) atoms. The average molecular weight is 274 g/mol. The summed E-state index contributed by atoms with van der Waals surface area (Å²) in [7, 11) is 0. The van der Waals surface area contributed by atoms with Crippen LogP contribution >= 0.6 is 11.8 Å². The van der Waals surface area contributed by atoms with Crippen LogP contribution in [0.3, 0.4) is 0 Å². The fraction of sp³-hybridized carbons (Fsp3) is 0.562. The van der Waals surface area contributed by atoms with Gasteiger partial charge in [-0.2, -0.15) is 0 Å². The minimum Gasteiger partial charge on any atom is -0.335 e.